The van der Waals surface area contributed by atoms with Gasteiger partial charge in [-0.3, -0.25) is 19.2 Å². The standard InChI is InChI=1S/2C16H21NO3/c2*1-11(12-7-3-2-4-8-12)17-15(18)13-9-5-6-10-14(13)16(19)20/h2*2-4,7-8,11,13-14H,5-6,9-10H2,1H3,(H,17,18)(H,19,20)/t11-,13+,14+;11-,13-,14+/m00/s1. The van der Waals surface area contributed by atoms with Crippen LogP contribution in [0.15, 0.2) is 60.7 Å². The van der Waals surface area contributed by atoms with Crippen LogP contribution in [-0.2, 0) is 19.2 Å². The quantitative estimate of drug-likeness (QED) is 0.343. The van der Waals surface area contributed by atoms with E-state index in [0.717, 1.165) is 36.8 Å². The molecule has 40 heavy (non-hydrogen) atoms. The first-order chi connectivity index (χ1) is 19.2. The number of hydrogen-bond acceptors (Lipinski definition) is 4. The zero-order valence-electron chi connectivity index (χ0n) is 23.4. The molecule has 0 aliphatic heterocycles. The molecule has 0 spiro atoms. The van der Waals surface area contributed by atoms with Crippen molar-refractivity contribution in [2.75, 3.05) is 0 Å². The van der Waals surface area contributed by atoms with Gasteiger partial charge in [0.15, 0.2) is 0 Å². The van der Waals surface area contributed by atoms with Gasteiger partial charge in [0.1, 0.15) is 0 Å². The fourth-order valence-electron chi connectivity index (χ4n) is 5.77. The molecule has 0 bridgehead atoms. The normalized spacial score (nSPS) is 23.9. The minimum atomic E-state index is -0.850. The SMILES string of the molecule is C[C@H](NC(=O)[C@@H]1CCCC[C@H]1C(=O)O)c1ccccc1.C[C@H](NC(=O)[C@H]1CCCC[C@H]1C(=O)O)c1ccccc1. The van der Waals surface area contributed by atoms with Crippen LogP contribution in [0.4, 0.5) is 0 Å². The highest BCUT2D eigenvalue weighted by molar-refractivity contribution is 5.85. The summed E-state index contributed by atoms with van der Waals surface area (Å²) in [6.45, 7) is 3.84. The molecule has 0 radical (unpaired) electrons. The second kappa shape index (κ2) is 15.2. The van der Waals surface area contributed by atoms with Crippen LogP contribution in [-0.4, -0.2) is 34.0 Å². The van der Waals surface area contributed by atoms with Crippen LogP contribution in [0.25, 0.3) is 0 Å². The monoisotopic (exact) mass is 550 g/mol. The van der Waals surface area contributed by atoms with E-state index in [1.54, 1.807) is 0 Å². The lowest BCUT2D eigenvalue weighted by atomic mass is 9.78. The number of carbonyl (C=O) groups is 4. The van der Waals surface area contributed by atoms with Gasteiger partial charge in [0, 0.05) is 0 Å². The van der Waals surface area contributed by atoms with E-state index in [1.807, 2.05) is 74.5 Å². The van der Waals surface area contributed by atoms with E-state index < -0.39 is 35.6 Å². The third-order valence-electron chi connectivity index (χ3n) is 8.16. The smallest absolute Gasteiger partial charge is 0.307 e. The Morgan fingerprint density at radius 3 is 1.18 bits per heavy atom. The number of rotatable bonds is 8. The third kappa shape index (κ3) is 8.66. The Balaban J connectivity index is 0.000000220. The molecule has 2 aromatic rings. The van der Waals surface area contributed by atoms with Crippen LogP contribution in [0.3, 0.4) is 0 Å². The second-order valence-electron chi connectivity index (χ2n) is 11.0. The van der Waals surface area contributed by atoms with Gasteiger partial charge in [-0.2, -0.15) is 0 Å². The Morgan fingerprint density at radius 1 is 0.575 bits per heavy atom. The highest BCUT2D eigenvalue weighted by Crippen LogP contribution is 2.32. The summed E-state index contributed by atoms with van der Waals surface area (Å²) in [6.07, 6.45) is 6.21. The van der Waals surface area contributed by atoms with Crippen molar-refractivity contribution in [1.29, 1.82) is 0 Å². The summed E-state index contributed by atoms with van der Waals surface area (Å²) in [5.41, 5.74) is 2.06. The van der Waals surface area contributed by atoms with E-state index in [9.17, 15) is 29.4 Å². The molecule has 2 aliphatic carbocycles. The van der Waals surface area contributed by atoms with Crippen LogP contribution >= 0.6 is 0 Å². The zero-order valence-corrected chi connectivity index (χ0v) is 23.4. The lowest BCUT2D eigenvalue weighted by Crippen LogP contribution is -2.40. The number of aliphatic carboxylic acids is 2. The highest BCUT2D eigenvalue weighted by Gasteiger charge is 2.37. The van der Waals surface area contributed by atoms with Crippen molar-refractivity contribution in [2.24, 2.45) is 23.7 Å². The molecule has 2 aromatic carbocycles. The average molecular weight is 551 g/mol. The Kier molecular flexibility index (Phi) is 11.7. The van der Waals surface area contributed by atoms with Crippen LogP contribution < -0.4 is 10.6 Å². The molecule has 0 saturated heterocycles. The number of carboxylic acids is 2. The number of carboxylic acid groups (broad SMARTS) is 2. The lowest BCUT2D eigenvalue weighted by molar-refractivity contribution is -0.149. The fourth-order valence-corrected chi connectivity index (χ4v) is 5.77. The van der Waals surface area contributed by atoms with Crippen molar-refractivity contribution in [2.45, 2.75) is 77.3 Å². The number of nitrogens with one attached hydrogen (secondary N) is 2. The molecule has 4 N–H and O–H groups in total. The largest absolute Gasteiger partial charge is 0.481 e. The van der Waals surface area contributed by atoms with Crippen molar-refractivity contribution in [3.8, 4) is 0 Å². The van der Waals surface area contributed by atoms with Crippen molar-refractivity contribution in [3.05, 3.63) is 71.8 Å². The number of carbonyl (C=O) groups excluding carboxylic acids is 2. The number of benzene rings is 2. The molecule has 0 heterocycles. The molecule has 4 rings (SSSR count). The van der Waals surface area contributed by atoms with Crippen molar-refractivity contribution >= 4 is 23.8 Å². The van der Waals surface area contributed by atoms with Crippen LogP contribution in [0.2, 0.25) is 0 Å². The molecule has 8 heteroatoms. The first-order valence-corrected chi connectivity index (χ1v) is 14.3. The van der Waals surface area contributed by atoms with E-state index in [0.29, 0.717) is 25.7 Å². The Morgan fingerprint density at radius 2 is 0.875 bits per heavy atom. The highest BCUT2D eigenvalue weighted by atomic mass is 16.4. The van der Waals surface area contributed by atoms with Crippen LogP contribution in [0.5, 0.6) is 0 Å². The van der Waals surface area contributed by atoms with Crippen molar-refractivity contribution in [3.63, 3.8) is 0 Å². The topological polar surface area (TPSA) is 133 Å². The summed E-state index contributed by atoms with van der Waals surface area (Å²) >= 11 is 0. The fraction of sp³-hybridized carbons (Fsp3) is 0.500. The molecule has 2 amide bonds. The lowest BCUT2D eigenvalue weighted by Gasteiger charge is -2.28. The average Bonchev–Trinajstić information content (AvgIpc) is 2.98. The first kappa shape index (κ1) is 30.9. The van der Waals surface area contributed by atoms with Crippen LogP contribution in [0, 0.1) is 23.7 Å². The minimum absolute atomic E-state index is 0.0972. The predicted octanol–water partition coefficient (Wildman–Crippen LogP) is 5.51. The Hall–Kier alpha value is -3.68. The molecule has 8 nitrogen and oxygen atoms in total. The Bertz CT molecular complexity index is 1030. The summed E-state index contributed by atoms with van der Waals surface area (Å²) in [6, 6.07) is 19.2. The van der Waals surface area contributed by atoms with Gasteiger partial charge in [0.25, 0.3) is 0 Å². The molecule has 0 aromatic heterocycles. The number of hydrogen-bond donors (Lipinski definition) is 4. The van der Waals surface area contributed by atoms with E-state index in [4.69, 9.17) is 0 Å². The van der Waals surface area contributed by atoms with E-state index in [1.165, 1.54) is 0 Å². The summed E-state index contributed by atoms with van der Waals surface area (Å²) in [5.74, 6) is -3.82. The maximum absolute atomic E-state index is 12.3. The van der Waals surface area contributed by atoms with Crippen molar-refractivity contribution < 1.29 is 29.4 Å². The summed E-state index contributed by atoms with van der Waals surface area (Å²) < 4.78 is 0. The Labute approximate surface area is 236 Å². The molecule has 2 saturated carbocycles. The number of amides is 2. The minimum Gasteiger partial charge on any atom is -0.481 e. The molecule has 0 unspecified atom stereocenters. The molecule has 216 valence electrons. The maximum Gasteiger partial charge on any atom is 0.307 e. The van der Waals surface area contributed by atoms with E-state index in [-0.39, 0.29) is 23.9 Å². The second-order valence-corrected chi connectivity index (χ2v) is 11.0. The third-order valence-corrected chi connectivity index (χ3v) is 8.16. The van der Waals surface area contributed by atoms with Gasteiger partial charge in [-0.05, 0) is 50.7 Å². The van der Waals surface area contributed by atoms with Gasteiger partial charge < -0.3 is 20.8 Å². The molecular weight excluding hydrogens is 508 g/mol. The van der Waals surface area contributed by atoms with E-state index >= 15 is 0 Å². The molecule has 2 aliphatic rings. The summed E-state index contributed by atoms with van der Waals surface area (Å²) in [4.78, 5) is 47.1. The van der Waals surface area contributed by atoms with Gasteiger partial charge >= 0.3 is 11.9 Å². The van der Waals surface area contributed by atoms with Gasteiger partial charge in [0.2, 0.25) is 11.8 Å². The van der Waals surface area contributed by atoms with Crippen LogP contribution in [0.1, 0.15) is 88.4 Å². The summed E-state index contributed by atoms with van der Waals surface area (Å²) in [5, 5.41) is 24.4. The zero-order chi connectivity index (χ0) is 29.1. The predicted molar refractivity (Wildman–Crippen MR) is 152 cm³/mol. The van der Waals surface area contributed by atoms with Gasteiger partial charge in [-0.15, -0.1) is 0 Å². The van der Waals surface area contributed by atoms with Gasteiger partial charge in [0.05, 0.1) is 35.8 Å². The molecule has 2 fully saturated rings. The van der Waals surface area contributed by atoms with Crippen molar-refractivity contribution in [1.82, 2.24) is 10.6 Å². The van der Waals surface area contributed by atoms with Gasteiger partial charge in [-0.1, -0.05) is 86.3 Å². The van der Waals surface area contributed by atoms with Gasteiger partial charge in [-0.25, -0.2) is 0 Å². The summed E-state index contributed by atoms with van der Waals surface area (Å²) in [7, 11) is 0. The molecule has 6 atom stereocenters. The first-order valence-electron chi connectivity index (χ1n) is 14.3. The molecular formula is C32H42N2O6. The maximum atomic E-state index is 12.3. The van der Waals surface area contributed by atoms with E-state index in [2.05, 4.69) is 10.6 Å².